The summed E-state index contributed by atoms with van der Waals surface area (Å²) in [5.41, 5.74) is 3.60. The van der Waals surface area contributed by atoms with Crippen LogP contribution >= 0.6 is 15.9 Å². The van der Waals surface area contributed by atoms with Crippen LogP contribution in [0.1, 0.15) is 111 Å². The summed E-state index contributed by atoms with van der Waals surface area (Å²) in [6.45, 7) is 12.6. The third-order valence-electron chi connectivity index (χ3n) is 12.1. The van der Waals surface area contributed by atoms with Crippen LogP contribution in [0.25, 0.3) is 0 Å². The number of esters is 1. The quantitative estimate of drug-likeness (QED) is 0.161. The van der Waals surface area contributed by atoms with Crippen LogP contribution in [0.5, 0.6) is 0 Å². The smallest absolute Gasteiger partial charge is 0.320 e. The second kappa shape index (κ2) is 12.0. The van der Waals surface area contributed by atoms with Gasteiger partial charge in [-0.1, -0.05) is 112 Å². The van der Waals surface area contributed by atoms with Crippen molar-refractivity contribution in [3.8, 4) is 0 Å². The predicted octanol–water partition coefficient (Wildman–Crippen LogP) is 9.95. The molecular weight excluding hydrogens is 544 g/mol. The highest BCUT2D eigenvalue weighted by atomic mass is 79.9. The molecule has 0 unspecified atom stereocenters. The summed E-state index contributed by atoms with van der Waals surface area (Å²) < 4.78 is 6.10. The number of benzene rings is 1. The molecule has 5 rings (SSSR count). The van der Waals surface area contributed by atoms with E-state index in [4.69, 9.17) is 4.74 Å². The molecule has 0 spiro atoms. The summed E-state index contributed by atoms with van der Waals surface area (Å²) in [6.07, 6.45) is 17.6. The van der Waals surface area contributed by atoms with E-state index in [2.05, 4.69) is 68.8 Å². The lowest BCUT2D eigenvalue weighted by Gasteiger charge is -2.58. The van der Waals surface area contributed by atoms with Crippen molar-refractivity contribution in [1.29, 1.82) is 0 Å². The normalized spacial score (nSPS) is 37.3. The van der Waals surface area contributed by atoms with E-state index in [9.17, 15) is 4.79 Å². The second-order valence-corrected chi connectivity index (χ2v) is 15.9. The topological polar surface area (TPSA) is 26.3 Å². The number of carbonyl (C=O) groups is 1. The molecule has 3 saturated carbocycles. The molecule has 39 heavy (non-hydrogen) atoms. The minimum atomic E-state index is -0.281. The van der Waals surface area contributed by atoms with Crippen LogP contribution < -0.4 is 0 Å². The van der Waals surface area contributed by atoms with E-state index in [-0.39, 0.29) is 16.9 Å². The summed E-state index contributed by atoms with van der Waals surface area (Å²) in [6, 6.07) is 10.2. The van der Waals surface area contributed by atoms with Crippen LogP contribution in [0.4, 0.5) is 0 Å². The van der Waals surface area contributed by atoms with Crippen molar-refractivity contribution in [1.82, 2.24) is 0 Å². The largest absolute Gasteiger partial charge is 0.461 e. The zero-order chi connectivity index (χ0) is 27.8. The molecule has 0 aromatic heterocycles. The number of hydrogen-bond acceptors (Lipinski definition) is 2. The van der Waals surface area contributed by atoms with Crippen LogP contribution in [0.15, 0.2) is 42.0 Å². The molecule has 0 radical (unpaired) electrons. The van der Waals surface area contributed by atoms with E-state index in [1.54, 1.807) is 5.57 Å². The van der Waals surface area contributed by atoms with E-state index in [0.717, 1.165) is 53.9 Å². The van der Waals surface area contributed by atoms with Gasteiger partial charge in [0.25, 0.3) is 0 Å². The summed E-state index contributed by atoms with van der Waals surface area (Å²) in [5, 5.41) is 0. The molecule has 1 aromatic rings. The van der Waals surface area contributed by atoms with Gasteiger partial charge in [0.2, 0.25) is 0 Å². The molecule has 0 saturated heterocycles. The van der Waals surface area contributed by atoms with Gasteiger partial charge in [-0.25, -0.2) is 0 Å². The van der Waals surface area contributed by atoms with Gasteiger partial charge >= 0.3 is 5.97 Å². The van der Waals surface area contributed by atoms with Crippen molar-refractivity contribution in [2.75, 3.05) is 0 Å². The third kappa shape index (κ3) is 5.96. The van der Waals surface area contributed by atoms with E-state index in [0.29, 0.717) is 17.3 Å². The summed E-state index contributed by atoms with van der Waals surface area (Å²) in [4.78, 5) is 12.7. The first-order valence-electron chi connectivity index (χ1n) is 16.2. The molecule has 4 aliphatic carbocycles. The zero-order valence-corrected chi connectivity index (χ0v) is 26.8. The third-order valence-corrected chi connectivity index (χ3v) is 12.8. The van der Waals surface area contributed by atoms with Gasteiger partial charge in [0.05, 0.1) is 0 Å². The monoisotopic (exact) mass is 596 g/mol. The number of fused-ring (bicyclic) bond motifs is 5. The first-order chi connectivity index (χ1) is 18.6. The first kappa shape index (κ1) is 29.4. The SMILES string of the molecule is CC(C)CCC[C@@H](C)[C@H]1CC[C@@H]2[C@@H]3CC=C4C[C@@H](OC(=O)[C@@H](Br)Cc5ccccc5)CC[C@]4(C)[C@@H]3CC[C@@]21C. The maximum absolute atomic E-state index is 12.9. The van der Waals surface area contributed by atoms with Gasteiger partial charge in [-0.3, -0.25) is 4.79 Å². The number of hydrogen-bond donors (Lipinski definition) is 0. The molecule has 2 nitrogen and oxygen atoms in total. The lowest BCUT2D eigenvalue weighted by atomic mass is 9.47. The Morgan fingerprint density at radius 1 is 1.00 bits per heavy atom. The highest BCUT2D eigenvalue weighted by Gasteiger charge is 2.59. The van der Waals surface area contributed by atoms with Gasteiger partial charge in [0.15, 0.2) is 0 Å². The molecule has 0 heterocycles. The van der Waals surface area contributed by atoms with Crippen LogP contribution in [-0.2, 0) is 16.0 Å². The maximum atomic E-state index is 12.9. The van der Waals surface area contributed by atoms with Crippen LogP contribution in [0, 0.1) is 46.3 Å². The number of ether oxygens (including phenoxy) is 1. The zero-order valence-electron chi connectivity index (χ0n) is 25.3. The van der Waals surface area contributed by atoms with Crippen LogP contribution in [0.3, 0.4) is 0 Å². The number of halogens is 1. The van der Waals surface area contributed by atoms with Gasteiger partial charge < -0.3 is 4.74 Å². The Hall–Kier alpha value is -1.09. The molecule has 0 bridgehead atoms. The van der Waals surface area contributed by atoms with Crippen molar-refractivity contribution in [2.24, 2.45) is 46.3 Å². The molecule has 216 valence electrons. The van der Waals surface area contributed by atoms with Gasteiger partial charge in [-0.05, 0) is 103 Å². The standard InChI is InChI=1S/C36H53BrO2/c1-24(2)10-9-11-25(3)30-16-17-31-29-15-14-27-23-28(18-20-35(27,4)32(29)19-21-36(30,31)5)39-34(38)33(37)22-26-12-7-6-8-13-26/h6-8,12-14,24-25,28-33H,9-11,15-23H2,1-5H3/t25-,28+,29+,30-,31-,32-,33+,35+,36-/m1/s1. The number of rotatable bonds is 9. The first-order valence-corrected chi connectivity index (χ1v) is 17.1. The number of carbonyl (C=O) groups excluding carboxylic acids is 1. The average Bonchev–Trinajstić information content (AvgIpc) is 3.26. The Bertz CT molecular complexity index is 1020. The van der Waals surface area contributed by atoms with Crippen molar-refractivity contribution < 1.29 is 9.53 Å². The van der Waals surface area contributed by atoms with Gasteiger partial charge in [0.1, 0.15) is 10.9 Å². The van der Waals surface area contributed by atoms with Gasteiger partial charge in [-0.15, -0.1) is 0 Å². The maximum Gasteiger partial charge on any atom is 0.320 e. The van der Waals surface area contributed by atoms with Gasteiger partial charge in [0, 0.05) is 6.42 Å². The highest BCUT2D eigenvalue weighted by Crippen LogP contribution is 2.67. The van der Waals surface area contributed by atoms with E-state index < -0.39 is 0 Å². The molecule has 1 aromatic carbocycles. The Morgan fingerprint density at radius 3 is 2.51 bits per heavy atom. The van der Waals surface area contributed by atoms with Gasteiger partial charge in [-0.2, -0.15) is 0 Å². The van der Waals surface area contributed by atoms with E-state index in [1.165, 1.54) is 57.8 Å². The van der Waals surface area contributed by atoms with Crippen LogP contribution in [-0.4, -0.2) is 16.9 Å². The summed E-state index contributed by atoms with van der Waals surface area (Å²) in [7, 11) is 0. The molecule has 0 aliphatic heterocycles. The van der Waals surface area contributed by atoms with Crippen molar-refractivity contribution in [3.05, 3.63) is 47.5 Å². The fourth-order valence-electron chi connectivity index (χ4n) is 9.90. The van der Waals surface area contributed by atoms with E-state index >= 15 is 0 Å². The minimum Gasteiger partial charge on any atom is -0.461 e. The summed E-state index contributed by atoms with van der Waals surface area (Å²) >= 11 is 3.61. The Labute approximate surface area is 247 Å². The number of alkyl halides is 1. The summed E-state index contributed by atoms with van der Waals surface area (Å²) in [5.74, 6) is 5.06. The Balaban J connectivity index is 1.21. The van der Waals surface area contributed by atoms with Crippen molar-refractivity contribution in [3.63, 3.8) is 0 Å². The average molecular weight is 598 g/mol. The minimum absolute atomic E-state index is 0.0283. The molecule has 0 N–H and O–H groups in total. The lowest BCUT2D eigenvalue weighted by molar-refractivity contribution is -0.150. The predicted molar refractivity (Wildman–Crippen MR) is 166 cm³/mol. The molecule has 9 atom stereocenters. The molecule has 3 heteroatoms. The van der Waals surface area contributed by atoms with Crippen molar-refractivity contribution in [2.45, 2.75) is 123 Å². The second-order valence-electron chi connectivity index (χ2n) is 14.7. The van der Waals surface area contributed by atoms with Crippen molar-refractivity contribution >= 4 is 21.9 Å². The Morgan fingerprint density at radius 2 is 1.77 bits per heavy atom. The molecular formula is C36H53BrO2. The molecule has 0 amide bonds. The Kier molecular flexibility index (Phi) is 9.07. The molecule has 3 fully saturated rings. The fourth-order valence-corrected chi connectivity index (χ4v) is 10.4. The van der Waals surface area contributed by atoms with Crippen LogP contribution in [0.2, 0.25) is 0 Å². The highest BCUT2D eigenvalue weighted by molar-refractivity contribution is 9.10. The van der Waals surface area contributed by atoms with E-state index in [1.807, 2.05) is 18.2 Å². The lowest BCUT2D eigenvalue weighted by Crippen LogP contribution is -2.51. The molecule has 4 aliphatic rings. The fraction of sp³-hybridized carbons (Fsp3) is 0.750. The number of allylic oxidation sites excluding steroid dienone is 1.